The number of fused-ring (bicyclic) bond motifs is 1. The molecule has 3 rings (SSSR count). The van der Waals surface area contributed by atoms with Crippen molar-refractivity contribution in [2.45, 2.75) is 13.8 Å². The molecule has 1 aliphatic heterocycles. The normalized spacial score (nSPS) is 16.8. The Morgan fingerprint density at radius 3 is 2.62 bits per heavy atom. The van der Waals surface area contributed by atoms with Crippen molar-refractivity contribution in [2.75, 3.05) is 37.6 Å². The Morgan fingerprint density at radius 2 is 1.90 bits per heavy atom. The standard InChI is InChI=1S/C16H22N4O/c1-12(2)11-19-7-9-20(10-8-19)16-17-14-6-4-3-5-13(14)15(21)18-16/h3-6,12H,7-11H2,1-2H3,(H,17,18,21). The molecule has 1 aromatic heterocycles. The number of para-hydroxylation sites is 1. The number of anilines is 1. The van der Waals surface area contributed by atoms with Crippen LogP contribution in [-0.2, 0) is 0 Å². The van der Waals surface area contributed by atoms with Gasteiger partial charge in [-0.2, -0.15) is 0 Å². The monoisotopic (exact) mass is 286 g/mol. The van der Waals surface area contributed by atoms with Gasteiger partial charge in [0.1, 0.15) is 0 Å². The molecule has 0 unspecified atom stereocenters. The number of aromatic amines is 1. The van der Waals surface area contributed by atoms with Crippen LogP contribution in [0.4, 0.5) is 5.95 Å². The van der Waals surface area contributed by atoms with Crippen LogP contribution in [0.5, 0.6) is 0 Å². The van der Waals surface area contributed by atoms with Gasteiger partial charge in [0.05, 0.1) is 10.9 Å². The average molecular weight is 286 g/mol. The summed E-state index contributed by atoms with van der Waals surface area (Å²) in [6.07, 6.45) is 0. The van der Waals surface area contributed by atoms with Crippen molar-refractivity contribution in [3.63, 3.8) is 0 Å². The summed E-state index contributed by atoms with van der Waals surface area (Å²) in [5, 5.41) is 0.652. The van der Waals surface area contributed by atoms with E-state index in [1.54, 1.807) is 0 Å². The van der Waals surface area contributed by atoms with Crippen molar-refractivity contribution in [3.8, 4) is 0 Å². The van der Waals surface area contributed by atoms with E-state index >= 15 is 0 Å². The van der Waals surface area contributed by atoms with E-state index in [0.29, 0.717) is 17.3 Å². The van der Waals surface area contributed by atoms with E-state index < -0.39 is 0 Å². The Hall–Kier alpha value is -1.88. The minimum atomic E-state index is -0.0554. The molecule has 1 aliphatic rings. The predicted molar refractivity (Wildman–Crippen MR) is 85.9 cm³/mol. The largest absolute Gasteiger partial charge is 0.340 e. The van der Waals surface area contributed by atoms with Gasteiger partial charge in [-0.15, -0.1) is 0 Å². The van der Waals surface area contributed by atoms with Gasteiger partial charge in [0.2, 0.25) is 5.95 Å². The van der Waals surface area contributed by atoms with Gasteiger partial charge in [-0.05, 0) is 18.1 Å². The van der Waals surface area contributed by atoms with E-state index in [9.17, 15) is 4.79 Å². The van der Waals surface area contributed by atoms with E-state index in [1.807, 2.05) is 24.3 Å². The van der Waals surface area contributed by atoms with E-state index in [1.165, 1.54) is 0 Å². The second kappa shape index (κ2) is 5.85. The zero-order valence-electron chi connectivity index (χ0n) is 12.7. The number of H-pyrrole nitrogens is 1. The summed E-state index contributed by atoms with van der Waals surface area (Å²) in [5.74, 6) is 1.39. The molecule has 1 fully saturated rings. The van der Waals surface area contributed by atoms with Gasteiger partial charge >= 0.3 is 0 Å². The Balaban J connectivity index is 1.78. The quantitative estimate of drug-likeness (QED) is 0.933. The maximum absolute atomic E-state index is 12.1. The van der Waals surface area contributed by atoms with Crippen LogP contribution in [0.25, 0.3) is 10.9 Å². The second-order valence-electron chi connectivity index (χ2n) is 6.09. The van der Waals surface area contributed by atoms with Crippen LogP contribution in [0.2, 0.25) is 0 Å². The lowest BCUT2D eigenvalue weighted by atomic mass is 10.2. The third-order valence-corrected chi connectivity index (χ3v) is 3.90. The average Bonchev–Trinajstić information content (AvgIpc) is 2.47. The van der Waals surface area contributed by atoms with Crippen molar-refractivity contribution in [3.05, 3.63) is 34.6 Å². The van der Waals surface area contributed by atoms with Gasteiger partial charge in [-0.25, -0.2) is 4.98 Å². The van der Waals surface area contributed by atoms with Crippen LogP contribution in [0.15, 0.2) is 29.1 Å². The molecule has 0 atom stereocenters. The number of rotatable bonds is 3. The van der Waals surface area contributed by atoms with E-state index in [0.717, 1.165) is 38.2 Å². The molecule has 21 heavy (non-hydrogen) atoms. The minimum Gasteiger partial charge on any atom is -0.340 e. The molecule has 0 bridgehead atoms. The third-order valence-electron chi connectivity index (χ3n) is 3.90. The Bertz CT molecular complexity index is 671. The molecule has 0 saturated carbocycles. The number of nitrogens with one attached hydrogen (secondary N) is 1. The summed E-state index contributed by atoms with van der Waals surface area (Å²) in [4.78, 5) is 24.3. The summed E-state index contributed by atoms with van der Waals surface area (Å²) in [6, 6.07) is 7.48. The fourth-order valence-electron chi connectivity index (χ4n) is 2.88. The fourth-order valence-corrected chi connectivity index (χ4v) is 2.88. The first kappa shape index (κ1) is 14.1. The molecule has 1 N–H and O–H groups in total. The van der Waals surface area contributed by atoms with E-state index in [4.69, 9.17) is 0 Å². The van der Waals surface area contributed by atoms with Crippen LogP contribution in [0, 0.1) is 5.92 Å². The first-order valence-corrected chi connectivity index (χ1v) is 7.60. The molecule has 2 heterocycles. The van der Waals surface area contributed by atoms with E-state index in [-0.39, 0.29) is 5.56 Å². The van der Waals surface area contributed by atoms with Gasteiger partial charge in [0.15, 0.2) is 0 Å². The SMILES string of the molecule is CC(C)CN1CCN(c2nc3ccccc3c(=O)[nH]2)CC1. The molecule has 1 aromatic carbocycles. The van der Waals surface area contributed by atoms with Crippen LogP contribution in [-0.4, -0.2) is 47.6 Å². The van der Waals surface area contributed by atoms with Crippen molar-refractivity contribution >= 4 is 16.9 Å². The number of nitrogens with zero attached hydrogens (tertiary/aromatic N) is 3. The number of piperazine rings is 1. The molecule has 1 saturated heterocycles. The molecule has 5 nitrogen and oxygen atoms in total. The third kappa shape index (κ3) is 3.08. The van der Waals surface area contributed by atoms with Crippen molar-refractivity contribution in [1.82, 2.24) is 14.9 Å². The Labute approximate surface area is 124 Å². The molecule has 0 aliphatic carbocycles. The van der Waals surface area contributed by atoms with E-state index in [2.05, 4.69) is 33.6 Å². The molecular weight excluding hydrogens is 264 g/mol. The first-order chi connectivity index (χ1) is 10.1. The number of benzene rings is 1. The lowest BCUT2D eigenvalue weighted by Crippen LogP contribution is -2.48. The van der Waals surface area contributed by atoms with Crippen molar-refractivity contribution < 1.29 is 0 Å². The van der Waals surface area contributed by atoms with Crippen LogP contribution >= 0.6 is 0 Å². The maximum Gasteiger partial charge on any atom is 0.260 e. The maximum atomic E-state index is 12.1. The van der Waals surface area contributed by atoms with Gasteiger partial charge in [0, 0.05) is 32.7 Å². The summed E-state index contributed by atoms with van der Waals surface area (Å²) in [6.45, 7) is 9.49. The molecule has 0 amide bonds. The fraction of sp³-hybridized carbons (Fsp3) is 0.500. The molecule has 5 heteroatoms. The summed E-state index contributed by atoms with van der Waals surface area (Å²) < 4.78 is 0. The summed E-state index contributed by atoms with van der Waals surface area (Å²) in [5.41, 5.74) is 0.709. The zero-order chi connectivity index (χ0) is 14.8. The number of hydrogen-bond donors (Lipinski definition) is 1. The van der Waals surface area contributed by atoms with Crippen molar-refractivity contribution in [1.29, 1.82) is 0 Å². The molecule has 2 aromatic rings. The van der Waals surface area contributed by atoms with Crippen LogP contribution < -0.4 is 10.5 Å². The van der Waals surface area contributed by atoms with Crippen LogP contribution in [0.1, 0.15) is 13.8 Å². The molecule has 0 spiro atoms. The first-order valence-electron chi connectivity index (χ1n) is 7.60. The molecular formula is C16H22N4O. The highest BCUT2D eigenvalue weighted by Gasteiger charge is 2.19. The molecule has 0 radical (unpaired) electrons. The zero-order valence-corrected chi connectivity index (χ0v) is 12.7. The predicted octanol–water partition coefficient (Wildman–Crippen LogP) is 1.70. The molecule has 112 valence electrons. The number of aromatic nitrogens is 2. The Morgan fingerprint density at radius 1 is 1.19 bits per heavy atom. The lowest BCUT2D eigenvalue weighted by Gasteiger charge is -2.35. The topological polar surface area (TPSA) is 52.2 Å². The Kier molecular flexibility index (Phi) is 3.92. The summed E-state index contributed by atoms with van der Waals surface area (Å²) >= 11 is 0. The van der Waals surface area contributed by atoms with Gasteiger partial charge in [0.25, 0.3) is 5.56 Å². The van der Waals surface area contributed by atoms with Crippen LogP contribution in [0.3, 0.4) is 0 Å². The minimum absolute atomic E-state index is 0.0554. The van der Waals surface area contributed by atoms with Crippen molar-refractivity contribution in [2.24, 2.45) is 5.92 Å². The summed E-state index contributed by atoms with van der Waals surface area (Å²) in [7, 11) is 0. The van der Waals surface area contributed by atoms with Gasteiger partial charge in [-0.3, -0.25) is 14.7 Å². The highest BCUT2D eigenvalue weighted by Crippen LogP contribution is 2.14. The highest BCUT2D eigenvalue weighted by atomic mass is 16.1. The second-order valence-corrected chi connectivity index (χ2v) is 6.09. The number of hydrogen-bond acceptors (Lipinski definition) is 4. The smallest absolute Gasteiger partial charge is 0.260 e. The highest BCUT2D eigenvalue weighted by molar-refractivity contribution is 5.78. The van der Waals surface area contributed by atoms with Gasteiger partial charge < -0.3 is 4.90 Å². The lowest BCUT2D eigenvalue weighted by molar-refractivity contribution is 0.230. The van der Waals surface area contributed by atoms with Gasteiger partial charge in [-0.1, -0.05) is 26.0 Å².